The SMILES string of the molecule is O=C1C=CC/C1=C\CCCCc1cccc(C(F)(F)F)c1. The first-order valence-corrected chi connectivity index (χ1v) is 7.03. The van der Waals surface area contributed by atoms with Gasteiger partial charge in [0.05, 0.1) is 5.56 Å². The number of hydrogen-bond donors (Lipinski definition) is 0. The van der Waals surface area contributed by atoms with E-state index in [1.54, 1.807) is 12.1 Å². The lowest BCUT2D eigenvalue weighted by Crippen LogP contribution is -2.05. The van der Waals surface area contributed by atoms with Crippen LogP contribution in [0, 0.1) is 0 Å². The highest BCUT2D eigenvalue weighted by Gasteiger charge is 2.30. The second kappa shape index (κ2) is 6.74. The molecule has 0 N–H and O–H groups in total. The van der Waals surface area contributed by atoms with Gasteiger partial charge in [0.25, 0.3) is 0 Å². The van der Waals surface area contributed by atoms with Crippen LogP contribution in [0.15, 0.2) is 48.1 Å². The minimum Gasteiger partial charge on any atom is -0.290 e. The summed E-state index contributed by atoms with van der Waals surface area (Å²) in [7, 11) is 0. The van der Waals surface area contributed by atoms with E-state index in [4.69, 9.17) is 0 Å². The molecule has 0 unspecified atom stereocenters. The van der Waals surface area contributed by atoms with Crippen molar-refractivity contribution < 1.29 is 18.0 Å². The smallest absolute Gasteiger partial charge is 0.290 e. The van der Waals surface area contributed by atoms with Crippen molar-refractivity contribution in [3.63, 3.8) is 0 Å². The minimum absolute atomic E-state index is 0.0767. The third kappa shape index (κ3) is 4.59. The molecule has 0 heterocycles. The molecule has 0 spiro atoms. The van der Waals surface area contributed by atoms with Crippen molar-refractivity contribution in [3.8, 4) is 0 Å². The van der Waals surface area contributed by atoms with Gasteiger partial charge in [-0.2, -0.15) is 13.2 Å². The van der Waals surface area contributed by atoms with E-state index in [0.29, 0.717) is 18.4 Å². The van der Waals surface area contributed by atoms with E-state index in [-0.39, 0.29) is 5.78 Å². The van der Waals surface area contributed by atoms with Gasteiger partial charge >= 0.3 is 6.18 Å². The lowest BCUT2D eigenvalue weighted by Gasteiger charge is -2.08. The van der Waals surface area contributed by atoms with E-state index < -0.39 is 11.7 Å². The fourth-order valence-corrected chi connectivity index (χ4v) is 2.34. The molecular formula is C17H17F3O. The molecule has 1 aromatic rings. The van der Waals surface area contributed by atoms with E-state index in [0.717, 1.165) is 30.9 Å². The van der Waals surface area contributed by atoms with Crippen LogP contribution < -0.4 is 0 Å². The quantitative estimate of drug-likeness (QED) is 0.559. The second-order valence-corrected chi connectivity index (χ2v) is 5.14. The maximum Gasteiger partial charge on any atom is 0.416 e. The summed E-state index contributed by atoms with van der Waals surface area (Å²) in [5.74, 6) is 0.0767. The topological polar surface area (TPSA) is 17.1 Å². The summed E-state index contributed by atoms with van der Waals surface area (Å²) in [6.07, 6.45) is 4.88. The molecule has 4 heteroatoms. The Balaban J connectivity index is 1.78. The zero-order valence-corrected chi connectivity index (χ0v) is 11.6. The van der Waals surface area contributed by atoms with Crippen LogP contribution in [0.1, 0.15) is 36.8 Å². The summed E-state index contributed by atoms with van der Waals surface area (Å²) in [4.78, 5) is 11.3. The number of benzene rings is 1. The van der Waals surface area contributed by atoms with Crippen LogP contribution in [0.3, 0.4) is 0 Å². The van der Waals surface area contributed by atoms with Gasteiger partial charge in [0.15, 0.2) is 5.78 Å². The van der Waals surface area contributed by atoms with Crippen molar-refractivity contribution in [2.75, 3.05) is 0 Å². The van der Waals surface area contributed by atoms with Crippen molar-refractivity contribution in [3.05, 3.63) is 59.2 Å². The van der Waals surface area contributed by atoms with Crippen molar-refractivity contribution in [2.45, 2.75) is 38.3 Å². The maximum absolute atomic E-state index is 12.6. The molecule has 1 nitrogen and oxygen atoms in total. The molecule has 1 aliphatic carbocycles. The highest BCUT2D eigenvalue weighted by atomic mass is 19.4. The van der Waals surface area contributed by atoms with Gasteiger partial charge in [-0.25, -0.2) is 0 Å². The molecule has 0 saturated heterocycles. The Morgan fingerprint density at radius 1 is 1.19 bits per heavy atom. The lowest BCUT2D eigenvalue weighted by atomic mass is 10.0. The molecule has 1 aliphatic rings. The number of alkyl halides is 3. The van der Waals surface area contributed by atoms with Gasteiger partial charge in [-0.15, -0.1) is 0 Å². The lowest BCUT2D eigenvalue weighted by molar-refractivity contribution is -0.137. The molecule has 2 rings (SSSR count). The standard InChI is InChI=1S/C17H17F3O/c18-17(19,20)15-10-4-7-13(12-15)6-2-1-3-8-14-9-5-11-16(14)21/h4-5,7-8,10-12H,1-3,6,9H2/b14-8+. The average molecular weight is 294 g/mol. The second-order valence-electron chi connectivity index (χ2n) is 5.14. The van der Waals surface area contributed by atoms with Gasteiger partial charge < -0.3 is 0 Å². The fourth-order valence-electron chi connectivity index (χ4n) is 2.34. The Labute approximate surface area is 122 Å². The number of unbranched alkanes of at least 4 members (excludes halogenated alkanes) is 2. The Morgan fingerprint density at radius 2 is 2.00 bits per heavy atom. The molecular weight excluding hydrogens is 277 g/mol. The monoisotopic (exact) mass is 294 g/mol. The zero-order chi connectivity index (χ0) is 15.3. The molecule has 0 atom stereocenters. The van der Waals surface area contributed by atoms with Crippen molar-refractivity contribution in [1.29, 1.82) is 0 Å². The number of hydrogen-bond acceptors (Lipinski definition) is 1. The van der Waals surface area contributed by atoms with E-state index in [9.17, 15) is 18.0 Å². The Morgan fingerprint density at radius 3 is 2.67 bits per heavy atom. The molecule has 0 fully saturated rings. The first-order chi connectivity index (χ1) is 9.97. The van der Waals surface area contributed by atoms with Gasteiger partial charge in [-0.05, 0) is 55.4 Å². The summed E-state index contributed by atoms with van der Waals surface area (Å²) < 4.78 is 37.7. The van der Waals surface area contributed by atoms with Crippen molar-refractivity contribution >= 4 is 5.78 Å². The minimum atomic E-state index is -4.28. The molecule has 0 radical (unpaired) electrons. The first-order valence-electron chi connectivity index (χ1n) is 7.03. The van der Waals surface area contributed by atoms with Gasteiger partial charge in [0, 0.05) is 0 Å². The van der Waals surface area contributed by atoms with Gasteiger partial charge in [0.1, 0.15) is 0 Å². The van der Waals surface area contributed by atoms with E-state index in [1.807, 2.05) is 12.2 Å². The van der Waals surface area contributed by atoms with Gasteiger partial charge in [-0.3, -0.25) is 4.79 Å². The van der Waals surface area contributed by atoms with E-state index in [2.05, 4.69) is 0 Å². The summed E-state index contributed by atoms with van der Waals surface area (Å²) in [5, 5.41) is 0. The molecule has 0 aliphatic heterocycles. The van der Waals surface area contributed by atoms with Crippen LogP contribution in [-0.4, -0.2) is 5.78 Å². The van der Waals surface area contributed by atoms with Crippen molar-refractivity contribution in [2.24, 2.45) is 0 Å². The molecule has 112 valence electrons. The van der Waals surface area contributed by atoms with Crippen LogP contribution in [-0.2, 0) is 17.4 Å². The molecule has 0 amide bonds. The first kappa shape index (κ1) is 15.5. The molecule has 0 saturated carbocycles. The van der Waals surface area contributed by atoms with E-state index in [1.165, 1.54) is 12.1 Å². The Kier molecular flexibility index (Phi) is 4.99. The summed E-state index contributed by atoms with van der Waals surface area (Å²) in [6, 6.07) is 5.47. The highest BCUT2D eigenvalue weighted by molar-refractivity contribution is 6.06. The molecule has 0 aromatic heterocycles. The molecule has 21 heavy (non-hydrogen) atoms. The Bertz CT molecular complexity index is 568. The number of halogens is 3. The highest BCUT2D eigenvalue weighted by Crippen LogP contribution is 2.29. The maximum atomic E-state index is 12.6. The van der Waals surface area contributed by atoms with Crippen LogP contribution in [0.25, 0.3) is 0 Å². The number of allylic oxidation sites excluding steroid dienone is 4. The third-order valence-corrected chi connectivity index (χ3v) is 3.49. The van der Waals surface area contributed by atoms with Gasteiger partial charge in [0.2, 0.25) is 0 Å². The zero-order valence-electron chi connectivity index (χ0n) is 11.6. The molecule has 0 bridgehead atoms. The van der Waals surface area contributed by atoms with Crippen LogP contribution in [0.4, 0.5) is 13.2 Å². The summed E-state index contributed by atoms with van der Waals surface area (Å²) in [6.45, 7) is 0. The predicted octanol–water partition coefficient (Wildman–Crippen LogP) is 4.87. The average Bonchev–Trinajstić information content (AvgIpc) is 2.83. The summed E-state index contributed by atoms with van der Waals surface area (Å²) >= 11 is 0. The largest absolute Gasteiger partial charge is 0.416 e. The van der Waals surface area contributed by atoms with Crippen LogP contribution in [0.5, 0.6) is 0 Å². The number of carbonyl (C=O) groups excluding carboxylic acids is 1. The van der Waals surface area contributed by atoms with Gasteiger partial charge in [-0.1, -0.05) is 30.4 Å². The van der Waals surface area contributed by atoms with E-state index >= 15 is 0 Å². The Hall–Kier alpha value is -1.84. The predicted molar refractivity (Wildman–Crippen MR) is 75.8 cm³/mol. The number of aryl methyl sites for hydroxylation is 1. The third-order valence-electron chi connectivity index (χ3n) is 3.49. The summed E-state index contributed by atoms with van der Waals surface area (Å²) in [5.41, 5.74) is 0.940. The normalized spacial score (nSPS) is 16.9. The fraction of sp³-hybridized carbons (Fsp3) is 0.353. The van der Waals surface area contributed by atoms with Crippen LogP contribution in [0.2, 0.25) is 0 Å². The number of carbonyl (C=O) groups is 1. The number of rotatable bonds is 5. The number of ketones is 1. The van der Waals surface area contributed by atoms with Crippen molar-refractivity contribution in [1.82, 2.24) is 0 Å². The van der Waals surface area contributed by atoms with Crippen LogP contribution >= 0.6 is 0 Å². The molecule has 1 aromatic carbocycles.